The van der Waals surface area contributed by atoms with Crippen LogP contribution in [0.2, 0.25) is 0 Å². The van der Waals surface area contributed by atoms with Crippen molar-refractivity contribution in [3.05, 3.63) is 30.0 Å². The summed E-state index contributed by atoms with van der Waals surface area (Å²) in [7, 11) is 1.76. The molecule has 2 rings (SSSR count). The number of aliphatic carboxylic acids is 1. The van der Waals surface area contributed by atoms with Crippen LogP contribution < -0.4 is 0 Å². The Kier molecular flexibility index (Phi) is 4.03. The maximum atomic E-state index is 10.5. The van der Waals surface area contributed by atoms with Crippen molar-refractivity contribution in [2.24, 2.45) is 7.05 Å². The van der Waals surface area contributed by atoms with Gasteiger partial charge in [0.25, 0.3) is 0 Å². The number of aromatic nitrogens is 3. The average molecular weight is 267 g/mol. The minimum atomic E-state index is -0.861. The molecule has 0 aliphatic heterocycles. The average Bonchev–Trinajstić information content (AvgIpc) is 2.93. The van der Waals surface area contributed by atoms with Gasteiger partial charge in [0, 0.05) is 19.9 Å². The number of rotatable bonds is 6. The van der Waals surface area contributed by atoms with Gasteiger partial charge in [0.05, 0.1) is 12.0 Å². The largest absolute Gasteiger partial charge is 0.481 e. The molecule has 0 saturated heterocycles. The number of aryl methyl sites for hydroxylation is 3. The SMILES string of the molecule is Cn1nc(CCc2ccco2)nc1SCC(=O)O. The molecular formula is C11H13N3O3S. The quantitative estimate of drug-likeness (QED) is 0.796. The van der Waals surface area contributed by atoms with Gasteiger partial charge in [-0.25, -0.2) is 9.67 Å². The summed E-state index contributed by atoms with van der Waals surface area (Å²) in [5.74, 6) is 0.716. The van der Waals surface area contributed by atoms with Crippen LogP contribution in [0.25, 0.3) is 0 Å². The van der Waals surface area contributed by atoms with E-state index in [9.17, 15) is 4.79 Å². The molecule has 0 saturated carbocycles. The Morgan fingerprint density at radius 1 is 1.56 bits per heavy atom. The van der Waals surface area contributed by atoms with Crippen molar-refractivity contribution >= 4 is 17.7 Å². The van der Waals surface area contributed by atoms with E-state index in [0.717, 1.165) is 12.2 Å². The Labute approximate surface area is 108 Å². The van der Waals surface area contributed by atoms with Gasteiger partial charge in [0.1, 0.15) is 5.76 Å². The lowest BCUT2D eigenvalue weighted by molar-refractivity contribution is -0.133. The molecule has 0 spiro atoms. The fourth-order valence-corrected chi connectivity index (χ4v) is 2.12. The van der Waals surface area contributed by atoms with Crippen molar-refractivity contribution in [2.75, 3.05) is 5.75 Å². The van der Waals surface area contributed by atoms with Crippen LogP contribution in [-0.2, 0) is 24.7 Å². The van der Waals surface area contributed by atoms with E-state index in [1.165, 1.54) is 11.8 Å². The molecule has 0 aromatic carbocycles. The van der Waals surface area contributed by atoms with E-state index in [4.69, 9.17) is 9.52 Å². The van der Waals surface area contributed by atoms with Gasteiger partial charge in [-0.2, -0.15) is 5.10 Å². The first-order valence-electron chi connectivity index (χ1n) is 5.42. The van der Waals surface area contributed by atoms with Crippen LogP contribution in [0.4, 0.5) is 0 Å². The number of carbonyl (C=O) groups is 1. The first kappa shape index (κ1) is 12.7. The third-order valence-electron chi connectivity index (χ3n) is 2.27. The molecule has 96 valence electrons. The Hall–Kier alpha value is -1.76. The second-order valence-corrected chi connectivity index (χ2v) is 4.64. The first-order chi connectivity index (χ1) is 8.65. The number of carboxylic acids is 1. The van der Waals surface area contributed by atoms with Crippen molar-refractivity contribution < 1.29 is 14.3 Å². The van der Waals surface area contributed by atoms with E-state index >= 15 is 0 Å². The van der Waals surface area contributed by atoms with E-state index in [-0.39, 0.29) is 5.75 Å². The van der Waals surface area contributed by atoms with Crippen molar-refractivity contribution in [1.29, 1.82) is 0 Å². The molecule has 6 nitrogen and oxygen atoms in total. The van der Waals surface area contributed by atoms with Crippen LogP contribution in [0.5, 0.6) is 0 Å². The molecule has 2 aromatic rings. The molecule has 7 heteroatoms. The molecule has 18 heavy (non-hydrogen) atoms. The van der Waals surface area contributed by atoms with Gasteiger partial charge < -0.3 is 9.52 Å². The highest BCUT2D eigenvalue weighted by molar-refractivity contribution is 7.99. The minimum Gasteiger partial charge on any atom is -0.481 e. The van der Waals surface area contributed by atoms with E-state index in [1.807, 2.05) is 12.1 Å². The smallest absolute Gasteiger partial charge is 0.313 e. The van der Waals surface area contributed by atoms with Gasteiger partial charge in [-0.15, -0.1) is 0 Å². The summed E-state index contributed by atoms with van der Waals surface area (Å²) in [6.45, 7) is 0. The zero-order chi connectivity index (χ0) is 13.0. The monoisotopic (exact) mass is 267 g/mol. The molecule has 0 bridgehead atoms. The molecule has 0 radical (unpaired) electrons. The zero-order valence-electron chi connectivity index (χ0n) is 9.87. The van der Waals surface area contributed by atoms with Crippen LogP contribution in [0.1, 0.15) is 11.6 Å². The Morgan fingerprint density at radius 2 is 2.39 bits per heavy atom. The summed E-state index contributed by atoms with van der Waals surface area (Å²) in [5, 5.41) is 13.5. The lowest BCUT2D eigenvalue weighted by atomic mass is 10.2. The summed E-state index contributed by atoms with van der Waals surface area (Å²) in [6.07, 6.45) is 3.05. The molecule has 0 aliphatic rings. The van der Waals surface area contributed by atoms with E-state index in [1.54, 1.807) is 18.0 Å². The predicted molar refractivity (Wildman–Crippen MR) is 65.5 cm³/mol. The molecule has 0 fully saturated rings. The normalized spacial score (nSPS) is 10.7. The van der Waals surface area contributed by atoms with Crippen molar-refractivity contribution in [2.45, 2.75) is 18.0 Å². The molecule has 0 atom stereocenters. The van der Waals surface area contributed by atoms with Crippen molar-refractivity contribution in [1.82, 2.24) is 14.8 Å². The fourth-order valence-electron chi connectivity index (χ4n) is 1.47. The maximum absolute atomic E-state index is 10.5. The number of hydrogen-bond acceptors (Lipinski definition) is 5. The van der Waals surface area contributed by atoms with Crippen LogP contribution >= 0.6 is 11.8 Å². The van der Waals surface area contributed by atoms with Gasteiger partial charge in [0.15, 0.2) is 11.0 Å². The number of furan rings is 1. The number of carboxylic acid groups (broad SMARTS) is 1. The first-order valence-corrected chi connectivity index (χ1v) is 6.40. The molecular weight excluding hydrogens is 254 g/mol. The molecule has 0 aliphatic carbocycles. The van der Waals surface area contributed by atoms with E-state index in [2.05, 4.69) is 10.1 Å². The zero-order valence-corrected chi connectivity index (χ0v) is 10.7. The molecule has 0 amide bonds. The molecule has 2 aromatic heterocycles. The Bertz CT molecular complexity index is 522. The number of thioether (sulfide) groups is 1. The summed E-state index contributed by atoms with van der Waals surface area (Å²) in [4.78, 5) is 14.8. The van der Waals surface area contributed by atoms with Crippen LogP contribution in [0.3, 0.4) is 0 Å². The predicted octanol–water partition coefficient (Wildman–Crippen LogP) is 1.37. The number of hydrogen-bond donors (Lipinski definition) is 1. The molecule has 2 heterocycles. The van der Waals surface area contributed by atoms with Gasteiger partial charge >= 0.3 is 5.97 Å². The standard InChI is InChI=1S/C11H13N3O3S/c1-14-11(18-7-10(15)16)12-9(13-14)5-4-8-3-2-6-17-8/h2-3,6H,4-5,7H2,1H3,(H,15,16). The van der Waals surface area contributed by atoms with E-state index in [0.29, 0.717) is 17.4 Å². The highest BCUT2D eigenvalue weighted by Crippen LogP contribution is 2.15. The van der Waals surface area contributed by atoms with Gasteiger partial charge in [0.2, 0.25) is 0 Å². The summed E-state index contributed by atoms with van der Waals surface area (Å²) < 4.78 is 6.83. The van der Waals surface area contributed by atoms with Crippen LogP contribution in [0, 0.1) is 0 Å². The summed E-state index contributed by atoms with van der Waals surface area (Å²) in [6, 6.07) is 3.75. The second-order valence-electron chi connectivity index (χ2n) is 3.70. The Morgan fingerprint density at radius 3 is 3.06 bits per heavy atom. The van der Waals surface area contributed by atoms with E-state index < -0.39 is 5.97 Å². The van der Waals surface area contributed by atoms with Crippen molar-refractivity contribution in [3.8, 4) is 0 Å². The number of nitrogens with zero attached hydrogens (tertiary/aromatic N) is 3. The second kappa shape index (κ2) is 5.72. The topological polar surface area (TPSA) is 81.2 Å². The lowest BCUT2D eigenvalue weighted by Crippen LogP contribution is -2.00. The summed E-state index contributed by atoms with van der Waals surface area (Å²) in [5.41, 5.74) is 0. The van der Waals surface area contributed by atoms with Gasteiger partial charge in [-0.1, -0.05) is 11.8 Å². The molecule has 0 unspecified atom stereocenters. The van der Waals surface area contributed by atoms with Crippen LogP contribution in [0.15, 0.2) is 28.0 Å². The third-order valence-corrected chi connectivity index (χ3v) is 3.27. The Balaban J connectivity index is 1.93. The van der Waals surface area contributed by atoms with Crippen LogP contribution in [-0.4, -0.2) is 31.6 Å². The van der Waals surface area contributed by atoms with Crippen molar-refractivity contribution in [3.63, 3.8) is 0 Å². The third kappa shape index (κ3) is 3.36. The highest BCUT2D eigenvalue weighted by atomic mass is 32.2. The highest BCUT2D eigenvalue weighted by Gasteiger charge is 2.10. The maximum Gasteiger partial charge on any atom is 0.313 e. The fraction of sp³-hybridized carbons (Fsp3) is 0.364. The van der Waals surface area contributed by atoms with Gasteiger partial charge in [-0.3, -0.25) is 4.79 Å². The lowest BCUT2D eigenvalue weighted by Gasteiger charge is -1.94. The molecule has 1 N–H and O–H groups in total. The minimum absolute atomic E-state index is 0.00976. The summed E-state index contributed by atoms with van der Waals surface area (Å²) >= 11 is 1.17. The van der Waals surface area contributed by atoms with Gasteiger partial charge in [-0.05, 0) is 12.1 Å².